The number of esters is 1. The van der Waals surface area contributed by atoms with Gasteiger partial charge >= 0.3 is 12.0 Å². The molecule has 3 aromatic rings. The van der Waals surface area contributed by atoms with Crippen LogP contribution in [0.25, 0.3) is 16.5 Å². The number of para-hydroxylation sites is 2. The largest absolute Gasteiger partial charge is 0.465 e. The van der Waals surface area contributed by atoms with E-state index < -0.39 is 5.97 Å². The second-order valence-electron chi connectivity index (χ2n) is 6.64. The van der Waals surface area contributed by atoms with Crippen LogP contribution in [0.2, 0.25) is 0 Å². The molecule has 0 unspecified atom stereocenters. The standard InChI is InChI=1S/C22H21N3O3/c1-28-21(26)17-7-3-5-9-20(17)24-22(27)25-12-10-15(11-13-25)18-14-23-19-8-4-2-6-16(18)19/h2-10,14,23H,11-13H2,1H3,(H,24,27). The molecule has 2 heterocycles. The Bertz CT molecular complexity index is 1070. The zero-order valence-corrected chi connectivity index (χ0v) is 15.6. The van der Waals surface area contributed by atoms with Crippen LogP contribution in [0, 0.1) is 0 Å². The molecule has 0 fully saturated rings. The molecular formula is C22H21N3O3. The van der Waals surface area contributed by atoms with Crippen molar-refractivity contribution in [2.75, 3.05) is 25.5 Å². The third kappa shape index (κ3) is 3.36. The summed E-state index contributed by atoms with van der Waals surface area (Å²) in [5.41, 5.74) is 4.32. The summed E-state index contributed by atoms with van der Waals surface area (Å²) < 4.78 is 4.78. The van der Waals surface area contributed by atoms with Gasteiger partial charge in [0.1, 0.15) is 0 Å². The molecule has 1 aliphatic rings. The Morgan fingerprint density at radius 1 is 1.11 bits per heavy atom. The number of hydrogen-bond acceptors (Lipinski definition) is 3. The van der Waals surface area contributed by atoms with Gasteiger partial charge in [-0.2, -0.15) is 0 Å². The first-order chi connectivity index (χ1) is 13.7. The second kappa shape index (κ2) is 7.60. The number of nitrogens with zero attached hydrogens (tertiary/aromatic N) is 1. The summed E-state index contributed by atoms with van der Waals surface area (Å²) in [6, 6.07) is 14.8. The molecule has 0 saturated heterocycles. The summed E-state index contributed by atoms with van der Waals surface area (Å²) in [7, 11) is 1.32. The molecule has 142 valence electrons. The zero-order valence-electron chi connectivity index (χ0n) is 15.6. The highest BCUT2D eigenvalue weighted by Crippen LogP contribution is 2.29. The van der Waals surface area contributed by atoms with Crippen LogP contribution in [-0.2, 0) is 4.74 Å². The van der Waals surface area contributed by atoms with Crippen molar-refractivity contribution in [1.82, 2.24) is 9.88 Å². The van der Waals surface area contributed by atoms with Crippen LogP contribution in [0.1, 0.15) is 22.3 Å². The Kier molecular flexibility index (Phi) is 4.85. The van der Waals surface area contributed by atoms with Crippen LogP contribution in [0.3, 0.4) is 0 Å². The van der Waals surface area contributed by atoms with E-state index in [0.717, 1.165) is 11.9 Å². The number of H-pyrrole nitrogens is 1. The summed E-state index contributed by atoms with van der Waals surface area (Å²) in [4.78, 5) is 29.6. The topological polar surface area (TPSA) is 74.4 Å². The molecule has 0 bridgehead atoms. The Morgan fingerprint density at radius 2 is 1.89 bits per heavy atom. The number of ether oxygens (including phenoxy) is 1. The van der Waals surface area contributed by atoms with Gasteiger partial charge in [0.25, 0.3) is 0 Å². The van der Waals surface area contributed by atoms with Crippen molar-refractivity contribution in [2.24, 2.45) is 0 Å². The molecule has 28 heavy (non-hydrogen) atoms. The van der Waals surface area contributed by atoms with Gasteiger partial charge in [0.2, 0.25) is 0 Å². The molecule has 2 amide bonds. The van der Waals surface area contributed by atoms with Gasteiger partial charge < -0.3 is 19.9 Å². The molecule has 0 aliphatic carbocycles. The molecule has 4 rings (SSSR count). The number of benzene rings is 2. The number of aromatic amines is 1. The number of amides is 2. The van der Waals surface area contributed by atoms with E-state index in [9.17, 15) is 9.59 Å². The normalized spacial score (nSPS) is 13.9. The van der Waals surface area contributed by atoms with E-state index in [1.807, 2.05) is 18.3 Å². The van der Waals surface area contributed by atoms with Crippen LogP contribution in [-0.4, -0.2) is 42.1 Å². The van der Waals surface area contributed by atoms with Crippen molar-refractivity contribution in [3.05, 3.63) is 71.9 Å². The Morgan fingerprint density at radius 3 is 2.68 bits per heavy atom. The Hall–Kier alpha value is -3.54. The average Bonchev–Trinajstić information content (AvgIpc) is 3.18. The average molecular weight is 375 g/mol. The van der Waals surface area contributed by atoms with Crippen LogP contribution in [0.5, 0.6) is 0 Å². The lowest BCUT2D eigenvalue weighted by atomic mass is 9.99. The molecule has 0 atom stereocenters. The number of carbonyl (C=O) groups excluding carboxylic acids is 2. The number of methoxy groups -OCH3 is 1. The van der Waals surface area contributed by atoms with Crippen LogP contribution in [0.4, 0.5) is 10.5 Å². The first-order valence-corrected chi connectivity index (χ1v) is 9.16. The number of aromatic nitrogens is 1. The summed E-state index contributed by atoms with van der Waals surface area (Å²) in [5.74, 6) is -0.476. The molecule has 1 aliphatic heterocycles. The molecule has 0 spiro atoms. The van der Waals surface area contributed by atoms with Crippen LogP contribution < -0.4 is 5.32 Å². The predicted molar refractivity (Wildman–Crippen MR) is 109 cm³/mol. The highest BCUT2D eigenvalue weighted by Gasteiger charge is 2.21. The fraction of sp³-hybridized carbons (Fsp3) is 0.182. The van der Waals surface area contributed by atoms with Gasteiger partial charge in [-0.15, -0.1) is 0 Å². The van der Waals surface area contributed by atoms with E-state index in [-0.39, 0.29) is 6.03 Å². The molecular weight excluding hydrogens is 354 g/mol. The van der Waals surface area contributed by atoms with Gasteiger partial charge in [0.05, 0.1) is 18.4 Å². The van der Waals surface area contributed by atoms with Crippen molar-refractivity contribution in [1.29, 1.82) is 0 Å². The third-order valence-corrected chi connectivity index (χ3v) is 5.01. The summed E-state index contributed by atoms with van der Waals surface area (Å²) >= 11 is 0. The maximum absolute atomic E-state index is 12.7. The van der Waals surface area contributed by atoms with Crippen molar-refractivity contribution >= 4 is 34.2 Å². The predicted octanol–water partition coefficient (Wildman–Crippen LogP) is 4.28. The van der Waals surface area contributed by atoms with Crippen molar-refractivity contribution in [3.8, 4) is 0 Å². The minimum absolute atomic E-state index is 0.231. The van der Waals surface area contributed by atoms with Crippen LogP contribution in [0.15, 0.2) is 60.8 Å². The molecule has 0 radical (unpaired) electrons. The number of nitrogens with one attached hydrogen (secondary N) is 2. The number of hydrogen-bond donors (Lipinski definition) is 2. The van der Waals surface area contributed by atoms with Gasteiger partial charge in [0, 0.05) is 35.8 Å². The van der Waals surface area contributed by atoms with Gasteiger partial charge in [-0.3, -0.25) is 0 Å². The van der Waals surface area contributed by atoms with Gasteiger partial charge in [0.15, 0.2) is 0 Å². The van der Waals surface area contributed by atoms with Crippen molar-refractivity contribution in [2.45, 2.75) is 6.42 Å². The van der Waals surface area contributed by atoms with E-state index in [1.165, 1.54) is 23.6 Å². The number of fused-ring (bicyclic) bond motifs is 1. The lowest BCUT2D eigenvalue weighted by Gasteiger charge is -2.27. The van der Waals surface area contributed by atoms with Crippen molar-refractivity contribution in [3.63, 3.8) is 0 Å². The van der Waals surface area contributed by atoms with E-state index in [4.69, 9.17) is 4.74 Å². The van der Waals surface area contributed by atoms with E-state index in [1.54, 1.807) is 29.2 Å². The lowest BCUT2D eigenvalue weighted by Crippen LogP contribution is -2.38. The van der Waals surface area contributed by atoms with Gasteiger partial charge in [-0.1, -0.05) is 36.4 Å². The summed E-state index contributed by atoms with van der Waals surface area (Å²) in [6.45, 7) is 1.12. The molecule has 1 aromatic heterocycles. The zero-order chi connectivity index (χ0) is 19.5. The fourth-order valence-electron chi connectivity index (χ4n) is 3.51. The minimum Gasteiger partial charge on any atom is -0.465 e. The van der Waals surface area contributed by atoms with Gasteiger partial charge in [-0.05, 0) is 30.2 Å². The monoisotopic (exact) mass is 375 g/mol. The minimum atomic E-state index is -0.476. The van der Waals surface area contributed by atoms with Crippen LogP contribution >= 0.6 is 0 Å². The van der Waals surface area contributed by atoms with E-state index >= 15 is 0 Å². The molecule has 2 aromatic carbocycles. The molecule has 6 heteroatoms. The first kappa shape index (κ1) is 17.9. The Labute approximate surface area is 162 Å². The second-order valence-corrected chi connectivity index (χ2v) is 6.64. The SMILES string of the molecule is COC(=O)c1ccccc1NC(=O)N1CC=C(c2c[nH]c3ccccc23)CC1. The molecule has 6 nitrogen and oxygen atoms in total. The van der Waals surface area contributed by atoms with Crippen molar-refractivity contribution < 1.29 is 14.3 Å². The maximum atomic E-state index is 12.7. The summed E-state index contributed by atoms with van der Waals surface area (Å²) in [5, 5.41) is 4.02. The van der Waals surface area contributed by atoms with E-state index in [0.29, 0.717) is 24.3 Å². The lowest BCUT2D eigenvalue weighted by molar-refractivity contribution is 0.0602. The van der Waals surface area contributed by atoms with E-state index in [2.05, 4.69) is 28.5 Å². The number of rotatable bonds is 3. The molecule has 2 N–H and O–H groups in total. The highest BCUT2D eigenvalue weighted by molar-refractivity contribution is 6.01. The number of anilines is 1. The fourth-order valence-corrected chi connectivity index (χ4v) is 3.51. The maximum Gasteiger partial charge on any atom is 0.339 e. The summed E-state index contributed by atoms with van der Waals surface area (Å²) in [6.07, 6.45) is 4.89. The Balaban J connectivity index is 1.48. The third-order valence-electron chi connectivity index (χ3n) is 5.01. The number of urea groups is 1. The highest BCUT2D eigenvalue weighted by atomic mass is 16.5. The number of carbonyl (C=O) groups is 2. The smallest absolute Gasteiger partial charge is 0.339 e. The van der Waals surface area contributed by atoms with Gasteiger partial charge in [-0.25, -0.2) is 9.59 Å². The molecule has 0 saturated carbocycles. The first-order valence-electron chi connectivity index (χ1n) is 9.16. The quantitative estimate of drug-likeness (QED) is 0.671.